The van der Waals surface area contributed by atoms with Gasteiger partial charge in [0.1, 0.15) is 0 Å². The quantitative estimate of drug-likeness (QED) is 0.719. The summed E-state index contributed by atoms with van der Waals surface area (Å²) in [5.74, 6) is -0.0306. The van der Waals surface area contributed by atoms with Crippen molar-refractivity contribution in [1.82, 2.24) is 5.32 Å². The minimum Gasteiger partial charge on any atom is -0.481 e. The van der Waals surface area contributed by atoms with Crippen LogP contribution in [0, 0.1) is 5.92 Å². The first-order valence-corrected chi connectivity index (χ1v) is 6.42. The Bertz CT molecular complexity index is 282. The van der Waals surface area contributed by atoms with Crippen molar-refractivity contribution < 1.29 is 14.7 Å². The van der Waals surface area contributed by atoms with E-state index >= 15 is 0 Å². The molecule has 1 amide bonds. The first kappa shape index (κ1) is 14.0. The molecule has 0 atom stereocenters. The lowest BCUT2D eigenvalue weighted by molar-refractivity contribution is -0.137. The molecule has 0 unspecified atom stereocenters. The van der Waals surface area contributed by atoms with Crippen LogP contribution in [0.2, 0.25) is 0 Å². The van der Waals surface area contributed by atoms with Crippen molar-refractivity contribution in [2.75, 3.05) is 0 Å². The zero-order valence-electron chi connectivity index (χ0n) is 10.8. The fraction of sp³-hybridized carbons (Fsp3) is 0.846. The van der Waals surface area contributed by atoms with Gasteiger partial charge in [-0.25, -0.2) is 0 Å². The van der Waals surface area contributed by atoms with E-state index in [1.165, 1.54) is 19.3 Å². The van der Waals surface area contributed by atoms with E-state index in [1.807, 2.05) is 13.8 Å². The van der Waals surface area contributed by atoms with E-state index in [9.17, 15) is 9.59 Å². The van der Waals surface area contributed by atoms with Crippen molar-refractivity contribution >= 4 is 11.9 Å². The van der Waals surface area contributed by atoms with Gasteiger partial charge in [0.25, 0.3) is 0 Å². The van der Waals surface area contributed by atoms with E-state index in [2.05, 4.69) is 5.32 Å². The Hall–Kier alpha value is -1.06. The molecule has 4 nitrogen and oxygen atoms in total. The predicted octanol–water partition coefficient (Wildman–Crippen LogP) is 2.33. The van der Waals surface area contributed by atoms with Crippen LogP contribution in [0.1, 0.15) is 58.8 Å². The van der Waals surface area contributed by atoms with Crippen LogP contribution < -0.4 is 5.32 Å². The van der Waals surface area contributed by atoms with Crippen LogP contribution in [0.4, 0.5) is 0 Å². The third-order valence-electron chi connectivity index (χ3n) is 3.45. The molecule has 0 aromatic carbocycles. The second-order valence-electron chi connectivity index (χ2n) is 5.66. The third kappa shape index (κ3) is 5.71. The van der Waals surface area contributed by atoms with Crippen molar-refractivity contribution in [3.8, 4) is 0 Å². The van der Waals surface area contributed by atoms with E-state index in [-0.39, 0.29) is 12.3 Å². The number of rotatable bonds is 7. The molecular weight excluding hydrogens is 218 g/mol. The summed E-state index contributed by atoms with van der Waals surface area (Å²) in [4.78, 5) is 22.2. The molecule has 0 heterocycles. The predicted molar refractivity (Wildman–Crippen MR) is 65.7 cm³/mol. The molecule has 1 saturated carbocycles. The number of nitrogens with one attached hydrogen (secondary N) is 1. The Morgan fingerprint density at radius 1 is 1.29 bits per heavy atom. The highest BCUT2D eigenvalue weighted by molar-refractivity contribution is 5.76. The summed E-state index contributed by atoms with van der Waals surface area (Å²) < 4.78 is 0. The molecule has 0 radical (unpaired) electrons. The summed E-state index contributed by atoms with van der Waals surface area (Å²) in [5, 5.41) is 11.5. The number of carboxylic acid groups (broad SMARTS) is 1. The number of hydrogen-bond donors (Lipinski definition) is 2. The number of amides is 1. The monoisotopic (exact) mass is 241 g/mol. The van der Waals surface area contributed by atoms with Gasteiger partial charge in [0.2, 0.25) is 5.91 Å². The molecule has 1 aliphatic carbocycles. The van der Waals surface area contributed by atoms with Crippen molar-refractivity contribution in [2.24, 2.45) is 5.92 Å². The highest BCUT2D eigenvalue weighted by atomic mass is 16.4. The van der Waals surface area contributed by atoms with E-state index < -0.39 is 11.5 Å². The fourth-order valence-electron chi connectivity index (χ4n) is 2.04. The molecule has 17 heavy (non-hydrogen) atoms. The zero-order chi connectivity index (χ0) is 12.9. The van der Waals surface area contributed by atoms with Crippen molar-refractivity contribution in [1.29, 1.82) is 0 Å². The number of aliphatic carboxylic acids is 1. The Morgan fingerprint density at radius 2 is 1.94 bits per heavy atom. The van der Waals surface area contributed by atoms with Crippen molar-refractivity contribution in [3.05, 3.63) is 0 Å². The fourth-order valence-corrected chi connectivity index (χ4v) is 2.04. The molecule has 1 rings (SSSR count). The minimum atomic E-state index is -0.818. The van der Waals surface area contributed by atoms with Gasteiger partial charge in [0.05, 0.1) is 0 Å². The van der Waals surface area contributed by atoms with E-state index in [0.717, 1.165) is 12.3 Å². The van der Waals surface area contributed by atoms with Gasteiger partial charge in [-0.1, -0.05) is 19.3 Å². The van der Waals surface area contributed by atoms with E-state index in [4.69, 9.17) is 5.11 Å². The van der Waals surface area contributed by atoms with Gasteiger partial charge in [-0.05, 0) is 32.6 Å². The number of hydrogen-bond acceptors (Lipinski definition) is 2. The van der Waals surface area contributed by atoms with Crippen LogP contribution in [0.25, 0.3) is 0 Å². The maximum atomic E-state index is 11.7. The highest BCUT2D eigenvalue weighted by Crippen LogP contribution is 2.30. The summed E-state index contributed by atoms with van der Waals surface area (Å²) in [6.45, 7) is 3.74. The van der Waals surface area contributed by atoms with Crippen molar-refractivity contribution in [3.63, 3.8) is 0 Å². The molecule has 0 aromatic rings. The standard InChI is InChI=1S/C13H23NO3/c1-13(2,9-8-12(16)17)14-11(15)7-6-10-4-3-5-10/h10H,3-9H2,1-2H3,(H,14,15)(H,16,17). The van der Waals surface area contributed by atoms with Gasteiger partial charge in [0, 0.05) is 18.4 Å². The Labute approximate surface area is 103 Å². The SMILES string of the molecule is CC(C)(CCC(=O)O)NC(=O)CCC1CCC1. The number of carboxylic acids is 1. The molecule has 0 spiro atoms. The van der Waals surface area contributed by atoms with Gasteiger partial charge in [0.15, 0.2) is 0 Å². The number of carbonyl (C=O) groups excluding carboxylic acids is 1. The second kappa shape index (κ2) is 6.03. The third-order valence-corrected chi connectivity index (χ3v) is 3.45. The van der Waals surface area contributed by atoms with Crippen LogP contribution in [0.5, 0.6) is 0 Å². The molecule has 98 valence electrons. The zero-order valence-corrected chi connectivity index (χ0v) is 10.8. The van der Waals surface area contributed by atoms with Crippen molar-refractivity contribution in [2.45, 2.75) is 64.3 Å². The lowest BCUT2D eigenvalue weighted by Gasteiger charge is -2.28. The Balaban J connectivity index is 2.20. The molecule has 0 bridgehead atoms. The van der Waals surface area contributed by atoms with E-state index in [0.29, 0.717) is 12.8 Å². The van der Waals surface area contributed by atoms with Gasteiger partial charge < -0.3 is 10.4 Å². The average Bonchev–Trinajstić information content (AvgIpc) is 2.11. The van der Waals surface area contributed by atoms with Crippen LogP contribution in [0.15, 0.2) is 0 Å². The minimum absolute atomic E-state index is 0.0484. The van der Waals surface area contributed by atoms with Gasteiger partial charge >= 0.3 is 5.97 Å². The summed E-state index contributed by atoms with van der Waals surface area (Å²) in [6, 6.07) is 0. The first-order chi connectivity index (χ1) is 7.89. The van der Waals surface area contributed by atoms with E-state index in [1.54, 1.807) is 0 Å². The molecule has 0 saturated heterocycles. The summed E-state index contributed by atoms with van der Waals surface area (Å²) >= 11 is 0. The smallest absolute Gasteiger partial charge is 0.303 e. The topological polar surface area (TPSA) is 66.4 Å². The van der Waals surface area contributed by atoms with Crippen LogP contribution >= 0.6 is 0 Å². The first-order valence-electron chi connectivity index (χ1n) is 6.42. The molecule has 4 heteroatoms. The normalized spacial score (nSPS) is 16.4. The highest BCUT2D eigenvalue weighted by Gasteiger charge is 2.23. The average molecular weight is 241 g/mol. The molecule has 1 aliphatic rings. The van der Waals surface area contributed by atoms with Gasteiger partial charge in [-0.15, -0.1) is 0 Å². The number of carbonyl (C=O) groups is 2. The van der Waals surface area contributed by atoms with Crippen LogP contribution in [-0.4, -0.2) is 22.5 Å². The molecule has 1 fully saturated rings. The Morgan fingerprint density at radius 3 is 2.41 bits per heavy atom. The van der Waals surface area contributed by atoms with Gasteiger partial charge in [-0.3, -0.25) is 9.59 Å². The van der Waals surface area contributed by atoms with Crippen LogP contribution in [0.3, 0.4) is 0 Å². The molecular formula is C13H23NO3. The maximum absolute atomic E-state index is 11.7. The maximum Gasteiger partial charge on any atom is 0.303 e. The molecule has 0 aromatic heterocycles. The summed E-state index contributed by atoms with van der Waals surface area (Å²) in [7, 11) is 0. The van der Waals surface area contributed by atoms with Gasteiger partial charge in [-0.2, -0.15) is 0 Å². The summed E-state index contributed by atoms with van der Waals surface area (Å²) in [6.07, 6.45) is 5.93. The lowest BCUT2D eigenvalue weighted by atomic mass is 9.82. The molecule has 2 N–H and O–H groups in total. The lowest BCUT2D eigenvalue weighted by Crippen LogP contribution is -2.43. The second-order valence-corrected chi connectivity index (χ2v) is 5.66. The summed E-state index contributed by atoms with van der Waals surface area (Å²) in [5.41, 5.74) is -0.422. The van der Waals surface area contributed by atoms with Crippen LogP contribution in [-0.2, 0) is 9.59 Å². The largest absolute Gasteiger partial charge is 0.481 e. The molecule has 0 aliphatic heterocycles. The Kier molecular flexibility index (Phi) is 4.97.